The molecule has 0 aliphatic carbocycles. The predicted octanol–water partition coefficient (Wildman–Crippen LogP) is 5.47. The predicted molar refractivity (Wildman–Crippen MR) is 118 cm³/mol. The summed E-state index contributed by atoms with van der Waals surface area (Å²) in [6, 6.07) is 21.8. The normalized spacial score (nSPS) is 10.9. The molecule has 1 amide bonds. The molecule has 0 atom stereocenters. The van der Waals surface area contributed by atoms with Gasteiger partial charge in [-0.2, -0.15) is 0 Å². The van der Waals surface area contributed by atoms with E-state index in [1.54, 1.807) is 18.2 Å². The molecule has 3 aromatic carbocycles. The standard InChI is InChI=1S/C24H21N3O3/c1-16-17(2)26(15-18-7-4-3-5-8-18)23-12-11-19(13-22(16)23)24(28)25-20-9-6-10-21(14-20)27(29)30/h3-14H,15H2,1-2H3,(H,25,28). The van der Waals surface area contributed by atoms with Gasteiger partial charge >= 0.3 is 0 Å². The first-order valence-corrected chi connectivity index (χ1v) is 9.63. The Hall–Kier alpha value is -3.93. The van der Waals surface area contributed by atoms with E-state index in [0.717, 1.165) is 28.7 Å². The molecular weight excluding hydrogens is 378 g/mol. The molecule has 1 heterocycles. The molecule has 0 bridgehead atoms. The highest BCUT2D eigenvalue weighted by atomic mass is 16.6. The zero-order chi connectivity index (χ0) is 21.3. The molecule has 0 aliphatic rings. The zero-order valence-electron chi connectivity index (χ0n) is 16.8. The van der Waals surface area contributed by atoms with Crippen LogP contribution in [0.1, 0.15) is 27.2 Å². The Kier molecular flexibility index (Phi) is 5.06. The Morgan fingerprint density at radius 3 is 2.50 bits per heavy atom. The lowest BCUT2D eigenvalue weighted by Gasteiger charge is -2.09. The summed E-state index contributed by atoms with van der Waals surface area (Å²) >= 11 is 0. The molecule has 0 aliphatic heterocycles. The monoisotopic (exact) mass is 399 g/mol. The van der Waals surface area contributed by atoms with Gasteiger partial charge in [-0.15, -0.1) is 0 Å². The maximum absolute atomic E-state index is 12.7. The molecule has 150 valence electrons. The summed E-state index contributed by atoms with van der Waals surface area (Å²) in [5, 5.41) is 14.7. The van der Waals surface area contributed by atoms with Crippen LogP contribution in [0.2, 0.25) is 0 Å². The number of non-ortho nitro benzene ring substituents is 1. The van der Waals surface area contributed by atoms with Crippen LogP contribution in [-0.2, 0) is 6.54 Å². The summed E-state index contributed by atoms with van der Waals surface area (Å²) in [4.78, 5) is 23.2. The first kappa shape index (κ1) is 19.4. The van der Waals surface area contributed by atoms with Gasteiger partial charge in [0.25, 0.3) is 11.6 Å². The number of hydrogen-bond acceptors (Lipinski definition) is 3. The third-order valence-corrected chi connectivity index (χ3v) is 5.40. The number of benzene rings is 3. The molecule has 4 aromatic rings. The molecule has 0 fully saturated rings. The number of hydrogen-bond donors (Lipinski definition) is 1. The largest absolute Gasteiger partial charge is 0.340 e. The van der Waals surface area contributed by atoms with E-state index >= 15 is 0 Å². The third-order valence-electron chi connectivity index (χ3n) is 5.40. The highest BCUT2D eigenvalue weighted by molar-refractivity contribution is 6.06. The Morgan fingerprint density at radius 2 is 1.77 bits per heavy atom. The molecule has 4 rings (SSSR count). The molecule has 30 heavy (non-hydrogen) atoms. The maximum atomic E-state index is 12.7. The number of amides is 1. The summed E-state index contributed by atoms with van der Waals surface area (Å²) in [7, 11) is 0. The summed E-state index contributed by atoms with van der Waals surface area (Å²) in [6.07, 6.45) is 0. The minimum absolute atomic E-state index is 0.0623. The number of anilines is 1. The van der Waals surface area contributed by atoms with E-state index in [0.29, 0.717) is 11.3 Å². The zero-order valence-corrected chi connectivity index (χ0v) is 16.8. The third kappa shape index (κ3) is 3.67. The van der Waals surface area contributed by atoms with Gasteiger partial charge in [-0.3, -0.25) is 14.9 Å². The lowest BCUT2D eigenvalue weighted by atomic mass is 10.1. The molecular formula is C24H21N3O3. The second kappa shape index (κ2) is 7.83. The number of nitrogens with zero attached hydrogens (tertiary/aromatic N) is 2. The van der Waals surface area contributed by atoms with Gasteiger partial charge in [0.15, 0.2) is 0 Å². The number of rotatable bonds is 5. The highest BCUT2D eigenvalue weighted by Crippen LogP contribution is 2.28. The number of aromatic nitrogens is 1. The highest BCUT2D eigenvalue weighted by Gasteiger charge is 2.15. The second-order valence-corrected chi connectivity index (χ2v) is 7.28. The molecule has 0 radical (unpaired) electrons. The lowest BCUT2D eigenvalue weighted by molar-refractivity contribution is -0.384. The fourth-order valence-corrected chi connectivity index (χ4v) is 3.66. The van der Waals surface area contributed by atoms with Gasteiger partial charge in [0.1, 0.15) is 0 Å². The number of nitro groups is 1. The van der Waals surface area contributed by atoms with Gasteiger partial charge in [0.05, 0.1) is 4.92 Å². The van der Waals surface area contributed by atoms with Crippen LogP contribution in [0.15, 0.2) is 72.8 Å². The van der Waals surface area contributed by atoms with E-state index in [1.165, 1.54) is 17.7 Å². The number of nitro benzene ring substituents is 1. The molecule has 1 N–H and O–H groups in total. The molecule has 0 saturated carbocycles. The second-order valence-electron chi connectivity index (χ2n) is 7.28. The number of carbonyl (C=O) groups is 1. The topological polar surface area (TPSA) is 77.2 Å². The molecule has 6 heteroatoms. The van der Waals surface area contributed by atoms with E-state index in [1.807, 2.05) is 30.3 Å². The van der Waals surface area contributed by atoms with E-state index in [9.17, 15) is 14.9 Å². The van der Waals surface area contributed by atoms with Crippen molar-refractivity contribution >= 4 is 28.2 Å². The molecule has 0 spiro atoms. The number of carbonyl (C=O) groups excluding carboxylic acids is 1. The van der Waals surface area contributed by atoms with Crippen LogP contribution in [0.4, 0.5) is 11.4 Å². The van der Waals surface area contributed by atoms with Crippen LogP contribution in [0.3, 0.4) is 0 Å². The van der Waals surface area contributed by atoms with Crippen molar-refractivity contribution in [3.63, 3.8) is 0 Å². The first-order valence-electron chi connectivity index (χ1n) is 9.63. The van der Waals surface area contributed by atoms with Crippen molar-refractivity contribution in [3.05, 3.63) is 105 Å². The van der Waals surface area contributed by atoms with E-state index in [2.05, 4.69) is 35.9 Å². The van der Waals surface area contributed by atoms with Gasteiger partial charge in [-0.25, -0.2) is 0 Å². The van der Waals surface area contributed by atoms with Crippen molar-refractivity contribution in [3.8, 4) is 0 Å². The number of nitrogens with one attached hydrogen (secondary N) is 1. The van der Waals surface area contributed by atoms with Crippen molar-refractivity contribution < 1.29 is 9.72 Å². The first-order chi connectivity index (χ1) is 14.4. The molecule has 1 aromatic heterocycles. The van der Waals surface area contributed by atoms with Crippen LogP contribution in [0, 0.1) is 24.0 Å². The number of aryl methyl sites for hydroxylation is 1. The quantitative estimate of drug-likeness (QED) is 0.357. The van der Waals surface area contributed by atoms with Crippen molar-refractivity contribution in [2.24, 2.45) is 0 Å². The molecule has 6 nitrogen and oxygen atoms in total. The van der Waals surface area contributed by atoms with E-state index in [4.69, 9.17) is 0 Å². The summed E-state index contributed by atoms with van der Waals surface area (Å²) < 4.78 is 2.25. The van der Waals surface area contributed by atoms with Crippen molar-refractivity contribution in [2.75, 3.05) is 5.32 Å². The van der Waals surface area contributed by atoms with Gasteiger partial charge < -0.3 is 9.88 Å². The van der Waals surface area contributed by atoms with Gasteiger partial charge in [0.2, 0.25) is 0 Å². The van der Waals surface area contributed by atoms with Crippen LogP contribution >= 0.6 is 0 Å². The summed E-state index contributed by atoms with van der Waals surface area (Å²) in [5.74, 6) is -0.301. The Labute approximate surface area is 173 Å². The summed E-state index contributed by atoms with van der Waals surface area (Å²) in [5.41, 5.74) is 5.41. The summed E-state index contributed by atoms with van der Waals surface area (Å²) in [6.45, 7) is 4.90. The lowest BCUT2D eigenvalue weighted by Crippen LogP contribution is -2.12. The molecule has 0 unspecified atom stereocenters. The Morgan fingerprint density at radius 1 is 1.00 bits per heavy atom. The van der Waals surface area contributed by atoms with Crippen LogP contribution in [0.5, 0.6) is 0 Å². The van der Waals surface area contributed by atoms with Crippen molar-refractivity contribution in [1.29, 1.82) is 0 Å². The van der Waals surface area contributed by atoms with Gasteiger partial charge in [-0.05, 0) is 49.2 Å². The van der Waals surface area contributed by atoms with E-state index in [-0.39, 0.29) is 11.6 Å². The Balaban J connectivity index is 1.65. The van der Waals surface area contributed by atoms with Gasteiger partial charge in [-0.1, -0.05) is 36.4 Å². The van der Waals surface area contributed by atoms with Gasteiger partial charge in [0, 0.05) is 46.5 Å². The van der Waals surface area contributed by atoms with Crippen LogP contribution < -0.4 is 5.32 Å². The van der Waals surface area contributed by atoms with Crippen LogP contribution in [-0.4, -0.2) is 15.4 Å². The minimum atomic E-state index is -0.483. The van der Waals surface area contributed by atoms with Crippen molar-refractivity contribution in [1.82, 2.24) is 4.57 Å². The van der Waals surface area contributed by atoms with E-state index < -0.39 is 4.92 Å². The average Bonchev–Trinajstić information content (AvgIpc) is 2.99. The fourth-order valence-electron chi connectivity index (χ4n) is 3.66. The molecule has 0 saturated heterocycles. The number of fused-ring (bicyclic) bond motifs is 1. The smallest absolute Gasteiger partial charge is 0.271 e. The SMILES string of the molecule is Cc1c(C)n(Cc2ccccc2)c2ccc(C(=O)Nc3cccc([N+](=O)[O-])c3)cc12. The fraction of sp³-hybridized carbons (Fsp3) is 0.125. The Bertz CT molecular complexity index is 1260. The minimum Gasteiger partial charge on any atom is -0.340 e. The average molecular weight is 399 g/mol. The van der Waals surface area contributed by atoms with Crippen LogP contribution in [0.25, 0.3) is 10.9 Å². The van der Waals surface area contributed by atoms with Crippen molar-refractivity contribution in [2.45, 2.75) is 20.4 Å². The maximum Gasteiger partial charge on any atom is 0.271 e.